The summed E-state index contributed by atoms with van der Waals surface area (Å²) >= 11 is 5.78. The smallest absolute Gasteiger partial charge is 0.334 e. The van der Waals surface area contributed by atoms with Gasteiger partial charge in [-0.25, -0.2) is 4.79 Å². The summed E-state index contributed by atoms with van der Waals surface area (Å²) in [5, 5.41) is 8.12. The number of carbonyl (C=O) groups is 1. The van der Waals surface area contributed by atoms with Crippen LogP contribution in [0.4, 0.5) is 23.7 Å². The minimum Gasteiger partial charge on any atom is -0.334 e. The van der Waals surface area contributed by atoms with Crippen molar-refractivity contribution in [1.29, 1.82) is 0 Å². The first-order valence-electron chi connectivity index (χ1n) is 6.01. The molecule has 1 atom stereocenters. The number of alkyl halides is 3. The van der Waals surface area contributed by atoms with E-state index >= 15 is 0 Å². The van der Waals surface area contributed by atoms with Crippen molar-refractivity contribution in [2.45, 2.75) is 18.6 Å². The van der Waals surface area contributed by atoms with E-state index in [-0.39, 0.29) is 29.2 Å². The maximum absolute atomic E-state index is 12.6. The van der Waals surface area contributed by atoms with Crippen LogP contribution in [0.5, 0.6) is 0 Å². The summed E-state index contributed by atoms with van der Waals surface area (Å²) in [6, 6.07) is 2.19. The van der Waals surface area contributed by atoms with Crippen molar-refractivity contribution in [3.8, 4) is 0 Å². The Labute approximate surface area is 130 Å². The van der Waals surface area contributed by atoms with E-state index in [4.69, 9.17) is 11.6 Å². The zero-order valence-corrected chi connectivity index (χ0v) is 12.3. The molecular formula is C12H14Cl2F3N3O. The van der Waals surface area contributed by atoms with Gasteiger partial charge in [-0.15, -0.1) is 12.4 Å². The predicted molar refractivity (Wildman–Crippen MR) is 77.1 cm³/mol. The Hall–Kier alpha value is -1.18. The van der Waals surface area contributed by atoms with Crippen LogP contribution in [0.2, 0.25) is 5.02 Å². The molecule has 1 aromatic carbocycles. The highest BCUT2D eigenvalue weighted by atomic mass is 35.5. The van der Waals surface area contributed by atoms with Gasteiger partial charge in [0.15, 0.2) is 0 Å². The van der Waals surface area contributed by atoms with Crippen LogP contribution in [0.25, 0.3) is 0 Å². The first kappa shape index (κ1) is 17.9. The van der Waals surface area contributed by atoms with E-state index in [1.54, 1.807) is 0 Å². The number of anilines is 1. The molecule has 0 aliphatic carbocycles. The average Bonchev–Trinajstić information content (AvgIpc) is 2.83. The molecule has 21 heavy (non-hydrogen) atoms. The standard InChI is InChI=1S/C12H13ClF3N3O.ClH/c13-9-2-1-7(12(14,15)16)5-10(9)19-11(20)18-8-3-4-17-6-8;/h1-2,5,8,17H,3-4,6H2,(H2,18,19,20);1H/t8-;/m0./s1. The van der Waals surface area contributed by atoms with Crippen molar-refractivity contribution in [2.24, 2.45) is 0 Å². The molecule has 1 aromatic rings. The van der Waals surface area contributed by atoms with Crippen LogP contribution < -0.4 is 16.0 Å². The van der Waals surface area contributed by atoms with Gasteiger partial charge in [0.1, 0.15) is 0 Å². The zero-order chi connectivity index (χ0) is 14.8. The summed E-state index contributed by atoms with van der Waals surface area (Å²) in [4.78, 5) is 11.7. The minimum atomic E-state index is -4.48. The van der Waals surface area contributed by atoms with Crippen molar-refractivity contribution >= 4 is 35.7 Å². The second-order valence-electron chi connectivity index (χ2n) is 4.48. The number of rotatable bonds is 2. The van der Waals surface area contributed by atoms with Gasteiger partial charge in [-0.2, -0.15) is 13.2 Å². The van der Waals surface area contributed by atoms with Crippen molar-refractivity contribution < 1.29 is 18.0 Å². The van der Waals surface area contributed by atoms with Crippen LogP contribution in [0.3, 0.4) is 0 Å². The Morgan fingerprint density at radius 1 is 1.38 bits per heavy atom. The lowest BCUT2D eigenvalue weighted by Gasteiger charge is -2.14. The van der Waals surface area contributed by atoms with Gasteiger partial charge in [0.05, 0.1) is 16.3 Å². The monoisotopic (exact) mass is 343 g/mol. The molecule has 0 saturated carbocycles. The van der Waals surface area contributed by atoms with Crippen LogP contribution in [-0.4, -0.2) is 25.2 Å². The molecule has 0 bridgehead atoms. The van der Waals surface area contributed by atoms with Gasteiger partial charge in [-0.1, -0.05) is 11.6 Å². The second kappa shape index (κ2) is 7.20. The van der Waals surface area contributed by atoms with Crippen LogP contribution in [0, 0.1) is 0 Å². The number of hydrogen-bond donors (Lipinski definition) is 3. The van der Waals surface area contributed by atoms with Gasteiger partial charge in [0.2, 0.25) is 0 Å². The largest absolute Gasteiger partial charge is 0.416 e. The summed E-state index contributed by atoms with van der Waals surface area (Å²) < 4.78 is 37.8. The third-order valence-corrected chi connectivity index (χ3v) is 3.27. The SMILES string of the molecule is Cl.O=C(Nc1cc(C(F)(F)F)ccc1Cl)N[C@H]1CCNC1. The fourth-order valence-corrected chi connectivity index (χ4v) is 2.08. The lowest BCUT2D eigenvalue weighted by atomic mass is 10.2. The fourth-order valence-electron chi connectivity index (χ4n) is 1.92. The molecule has 118 valence electrons. The Morgan fingerprint density at radius 3 is 2.67 bits per heavy atom. The molecular weight excluding hydrogens is 330 g/mol. The molecule has 1 heterocycles. The highest BCUT2D eigenvalue weighted by Gasteiger charge is 2.31. The lowest BCUT2D eigenvalue weighted by molar-refractivity contribution is -0.137. The summed E-state index contributed by atoms with van der Waals surface area (Å²) in [6.07, 6.45) is -3.70. The topological polar surface area (TPSA) is 53.2 Å². The van der Waals surface area contributed by atoms with Crippen molar-refractivity contribution in [3.63, 3.8) is 0 Å². The van der Waals surface area contributed by atoms with Crippen LogP contribution >= 0.6 is 24.0 Å². The Kier molecular flexibility index (Phi) is 6.12. The van der Waals surface area contributed by atoms with E-state index in [0.717, 1.165) is 31.2 Å². The number of benzene rings is 1. The fraction of sp³-hybridized carbons (Fsp3) is 0.417. The average molecular weight is 344 g/mol. The Morgan fingerprint density at radius 2 is 2.10 bits per heavy atom. The van der Waals surface area contributed by atoms with E-state index in [2.05, 4.69) is 16.0 Å². The molecule has 1 aliphatic rings. The highest BCUT2D eigenvalue weighted by Crippen LogP contribution is 2.33. The zero-order valence-electron chi connectivity index (χ0n) is 10.8. The number of amides is 2. The number of hydrogen-bond acceptors (Lipinski definition) is 2. The lowest BCUT2D eigenvalue weighted by Crippen LogP contribution is -2.39. The van der Waals surface area contributed by atoms with Gasteiger partial charge in [-0.3, -0.25) is 0 Å². The quantitative estimate of drug-likeness (QED) is 0.771. The van der Waals surface area contributed by atoms with E-state index in [1.165, 1.54) is 0 Å². The van der Waals surface area contributed by atoms with E-state index in [1.807, 2.05) is 0 Å². The molecule has 0 unspecified atom stereocenters. The first-order valence-corrected chi connectivity index (χ1v) is 6.39. The van der Waals surface area contributed by atoms with Gasteiger partial charge < -0.3 is 16.0 Å². The van der Waals surface area contributed by atoms with Crippen LogP contribution in [0.15, 0.2) is 18.2 Å². The maximum Gasteiger partial charge on any atom is 0.416 e. The maximum atomic E-state index is 12.6. The molecule has 0 aromatic heterocycles. The highest BCUT2D eigenvalue weighted by molar-refractivity contribution is 6.33. The molecule has 4 nitrogen and oxygen atoms in total. The predicted octanol–water partition coefficient (Wildman–Crippen LogP) is 3.26. The second-order valence-corrected chi connectivity index (χ2v) is 4.89. The molecule has 1 fully saturated rings. The van der Waals surface area contributed by atoms with Crippen molar-refractivity contribution in [2.75, 3.05) is 18.4 Å². The molecule has 0 spiro atoms. The van der Waals surface area contributed by atoms with Crippen molar-refractivity contribution in [3.05, 3.63) is 28.8 Å². The molecule has 2 rings (SSSR count). The normalized spacial score (nSPS) is 18.0. The van der Waals surface area contributed by atoms with E-state index in [0.29, 0.717) is 6.54 Å². The van der Waals surface area contributed by atoms with E-state index < -0.39 is 17.8 Å². The molecule has 2 amide bonds. The number of urea groups is 1. The number of halogens is 5. The Bertz CT molecular complexity index is 505. The summed E-state index contributed by atoms with van der Waals surface area (Å²) in [7, 11) is 0. The van der Waals surface area contributed by atoms with Gasteiger partial charge in [-0.05, 0) is 31.2 Å². The third-order valence-electron chi connectivity index (χ3n) is 2.94. The summed E-state index contributed by atoms with van der Waals surface area (Å²) in [5.41, 5.74) is -0.926. The third kappa shape index (κ3) is 4.94. The molecule has 1 aliphatic heterocycles. The number of carbonyl (C=O) groups excluding carboxylic acids is 1. The number of nitrogens with one attached hydrogen (secondary N) is 3. The van der Waals surface area contributed by atoms with E-state index in [9.17, 15) is 18.0 Å². The van der Waals surface area contributed by atoms with Crippen molar-refractivity contribution in [1.82, 2.24) is 10.6 Å². The van der Waals surface area contributed by atoms with Crippen LogP contribution in [0.1, 0.15) is 12.0 Å². The van der Waals surface area contributed by atoms with Gasteiger partial charge in [0.25, 0.3) is 0 Å². The van der Waals surface area contributed by atoms with Crippen LogP contribution in [-0.2, 0) is 6.18 Å². The van der Waals surface area contributed by atoms with Gasteiger partial charge >= 0.3 is 12.2 Å². The summed E-state index contributed by atoms with van der Waals surface area (Å²) in [6.45, 7) is 1.44. The Balaban J connectivity index is 0.00000220. The molecule has 0 radical (unpaired) electrons. The first-order chi connectivity index (χ1) is 9.36. The summed E-state index contributed by atoms with van der Waals surface area (Å²) in [5.74, 6) is 0. The minimum absolute atomic E-state index is 0. The molecule has 9 heteroatoms. The van der Waals surface area contributed by atoms with Gasteiger partial charge in [0, 0.05) is 12.6 Å². The molecule has 3 N–H and O–H groups in total. The molecule has 1 saturated heterocycles.